The minimum Gasteiger partial charge on any atom is -0.337 e. The molecule has 6 rings (SSSR count). The fourth-order valence-corrected chi connectivity index (χ4v) is 6.56. The Morgan fingerprint density at radius 3 is 1.04 bits per heavy atom. The molecular weight excluding hydrogens is 675 g/mol. The van der Waals surface area contributed by atoms with Gasteiger partial charge in [-0.25, -0.2) is 0 Å². The Hall–Kier alpha value is -6.81. The second-order valence-corrected chi connectivity index (χ2v) is 13.7. The summed E-state index contributed by atoms with van der Waals surface area (Å²) >= 11 is 0. The second-order valence-electron chi connectivity index (χ2n) is 13.7. The van der Waals surface area contributed by atoms with Crippen LogP contribution in [0.1, 0.15) is 55.6 Å². The maximum absolute atomic E-state index is 9.24. The molecule has 13 heteroatoms. The van der Waals surface area contributed by atoms with Gasteiger partial charge in [0.1, 0.15) is 0 Å². The van der Waals surface area contributed by atoms with E-state index < -0.39 is 0 Å². The van der Waals surface area contributed by atoms with Crippen LogP contribution in [0.25, 0.3) is 0 Å². The van der Waals surface area contributed by atoms with Crippen LogP contribution in [0.3, 0.4) is 0 Å². The Balaban J connectivity index is 1.29. The first-order valence-corrected chi connectivity index (χ1v) is 17.6. The highest BCUT2D eigenvalue weighted by Gasteiger charge is 2.15. The SMILES string of the molecule is Cc1cc(C)c(Nc2nc(NCNc3nc(Nc4c(C)cc(C)cc4C)nc(Nc4c(C)cc(C)cc4C)n3)nc(Nc3ccc(C#N)cc3)n2)c(C)c1. The molecule has 0 unspecified atom stereocenters. The Morgan fingerprint density at radius 1 is 0.426 bits per heavy atom. The fraction of sp³-hybridized carbons (Fsp3) is 0.244. The second kappa shape index (κ2) is 15.8. The molecule has 0 bridgehead atoms. The van der Waals surface area contributed by atoms with Crippen molar-refractivity contribution in [2.45, 2.75) is 62.3 Å². The molecule has 0 atom stereocenters. The minimum atomic E-state index is 0.177. The lowest BCUT2D eigenvalue weighted by molar-refractivity contribution is 0.999. The first-order valence-electron chi connectivity index (χ1n) is 17.6. The highest BCUT2D eigenvalue weighted by atomic mass is 15.3. The number of nitrogens with zero attached hydrogens (tertiary/aromatic N) is 7. The maximum Gasteiger partial charge on any atom is 0.233 e. The standard InChI is InChI=1S/C41H45N13/c1-22-14-25(4)33(26(5)15-22)46-39-50-36(49-38(53-39)45-32-12-10-31(20-42)11-13-32)43-21-44-37-51-40(47-34-27(6)16-23(2)17-28(34)7)54-41(52-37)48-35-29(8)18-24(3)19-30(35)9/h10-19H,21H2,1-9H3,(H3,43,45,46,49,50,53)(H3,44,47,48,51,52,54). The molecule has 274 valence electrons. The van der Waals surface area contributed by atoms with Crippen LogP contribution in [-0.2, 0) is 0 Å². The summed E-state index contributed by atoms with van der Waals surface area (Å²) in [6.07, 6.45) is 0. The summed E-state index contributed by atoms with van der Waals surface area (Å²) in [4.78, 5) is 28.2. The molecule has 0 amide bonds. The summed E-state index contributed by atoms with van der Waals surface area (Å²) in [5.41, 5.74) is 14.1. The van der Waals surface area contributed by atoms with Crippen molar-refractivity contribution < 1.29 is 0 Å². The first kappa shape index (κ1) is 37.0. The molecule has 0 fully saturated rings. The van der Waals surface area contributed by atoms with E-state index in [0.29, 0.717) is 41.3 Å². The number of aromatic nitrogens is 6. The highest BCUT2D eigenvalue weighted by molar-refractivity contribution is 5.68. The zero-order valence-electron chi connectivity index (χ0n) is 32.1. The van der Waals surface area contributed by atoms with Crippen molar-refractivity contribution in [2.24, 2.45) is 0 Å². The van der Waals surface area contributed by atoms with Crippen LogP contribution in [-0.4, -0.2) is 36.6 Å². The van der Waals surface area contributed by atoms with Crippen molar-refractivity contribution in [2.75, 3.05) is 38.6 Å². The number of nitrogens with one attached hydrogen (secondary N) is 6. The lowest BCUT2D eigenvalue weighted by Gasteiger charge is -2.17. The highest BCUT2D eigenvalue weighted by Crippen LogP contribution is 2.29. The minimum absolute atomic E-state index is 0.177. The van der Waals surface area contributed by atoms with Gasteiger partial charge in [0.2, 0.25) is 35.7 Å². The van der Waals surface area contributed by atoms with Gasteiger partial charge in [0.15, 0.2) is 0 Å². The predicted molar refractivity (Wildman–Crippen MR) is 218 cm³/mol. The molecule has 2 heterocycles. The van der Waals surface area contributed by atoms with Crippen molar-refractivity contribution in [1.29, 1.82) is 5.26 Å². The average Bonchev–Trinajstić information content (AvgIpc) is 3.10. The fourth-order valence-electron chi connectivity index (χ4n) is 6.56. The molecule has 0 saturated carbocycles. The molecular formula is C41H45N13. The lowest BCUT2D eigenvalue weighted by Crippen LogP contribution is -2.18. The van der Waals surface area contributed by atoms with Crippen molar-refractivity contribution in [3.63, 3.8) is 0 Å². The summed E-state index contributed by atoms with van der Waals surface area (Å²) in [5, 5.41) is 29.2. The quantitative estimate of drug-likeness (QED) is 0.0662. The van der Waals surface area contributed by atoms with Gasteiger partial charge >= 0.3 is 0 Å². The summed E-state index contributed by atoms with van der Waals surface area (Å²) < 4.78 is 0. The van der Waals surface area contributed by atoms with Crippen molar-refractivity contribution in [3.8, 4) is 6.07 Å². The summed E-state index contributed by atoms with van der Waals surface area (Å²) in [6.45, 7) is 18.8. The van der Waals surface area contributed by atoms with Gasteiger partial charge in [0, 0.05) is 22.7 Å². The molecule has 0 radical (unpaired) electrons. The van der Waals surface area contributed by atoms with Crippen molar-refractivity contribution in [3.05, 3.63) is 116 Å². The van der Waals surface area contributed by atoms with Crippen molar-refractivity contribution >= 4 is 58.4 Å². The van der Waals surface area contributed by atoms with Crippen LogP contribution >= 0.6 is 0 Å². The number of benzene rings is 4. The normalized spacial score (nSPS) is 10.7. The zero-order valence-corrected chi connectivity index (χ0v) is 32.1. The lowest BCUT2D eigenvalue weighted by atomic mass is 10.1. The van der Waals surface area contributed by atoms with Gasteiger partial charge in [-0.15, -0.1) is 0 Å². The van der Waals surface area contributed by atoms with Crippen LogP contribution in [0, 0.1) is 73.6 Å². The van der Waals surface area contributed by atoms with E-state index in [0.717, 1.165) is 56.1 Å². The first-order chi connectivity index (χ1) is 25.8. The third-order valence-corrected chi connectivity index (χ3v) is 8.78. The number of aryl methyl sites for hydroxylation is 9. The topological polar surface area (TPSA) is 173 Å². The van der Waals surface area contributed by atoms with Gasteiger partial charge in [0.05, 0.1) is 18.3 Å². The smallest absolute Gasteiger partial charge is 0.233 e. The monoisotopic (exact) mass is 719 g/mol. The molecule has 0 aliphatic heterocycles. The van der Waals surface area contributed by atoms with E-state index in [1.165, 1.54) is 16.7 Å². The largest absolute Gasteiger partial charge is 0.337 e. The molecule has 6 N–H and O–H groups in total. The molecule has 6 aromatic rings. The molecule has 0 aliphatic carbocycles. The van der Waals surface area contributed by atoms with E-state index in [1.807, 2.05) is 13.8 Å². The molecule has 4 aromatic carbocycles. The third kappa shape index (κ3) is 8.97. The van der Waals surface area contributed by atoms with Gasteiger partial charge in [-0.05, 0) is 120 Å². The molecule has 0 aliphatic rings. The Labute approximate surface area is 316 Å². The number of hydrogen-bond donors (Lipinski definition) is 6. The van der Waals surface area contributed by atoms with Crippen LogP contribution in [0.2, 0.25) is 0 Å². The maximum atomic E-state index is 9.24. The van der Waals surface area contributed by atoms with E-state index in [1.54, 1.807) is 24.3 Å². The molecule has 54 heavy (non-hydrogen) atoms. The van der Waals surface area contributed by atoms with Gasteiger partial charge in [-0.2, -0.15) is 35.2 Å². The van der Waals surface area contributed by atoms with Gasteiger partial charge < -0.3 is 31.9 Å². The Kier molecular flexibility index (Phi) is 10.8. The van der Waals surface area contributed by atoms with Crippen molar-refractivity contribution in [1.82, 2.24) is 29.9 Å². The van der Waals surface area contributed by atoms with Crippen LogP contribution in [0.5, 0.6) is 0 Å². The third-order valence-electron chi connectivity index (χ3n) is 8.78. The Morgan fingerprint density at radius 2 is 0.722 bits per heavy atom. The molecule has 0 saturated heterocycles. The van der Waals surface area contributed by atoms with E-state index in [2.05, 4.69) is 138 Å². The molecule has 13 nitrogen and oxygen atoms in total. The number of rotatable bonds is 12. The van der Waals surface area contributed by atoms with Crippen LogP contribution in [0.15, 0.2) is 60.7 Å². The van der Waals surface area contributed by atoms with Gasteiger partial charge in [-0.3, -0.25) is 0 Å². The summed E-state index contributed by atoms with van der Waals surface area (Å²) in [6, 6.07) is 21.9. The molecule has 2 aromatic heterocycles. The summed E-state index contributed by atoms with van der Waals surface area (Å²) in [7, 11) is 0. The van der Waals surface area contributed by atoms with Crippen LogP contribution in [0.4, 0.5) is 58.4 Å². The summed E-state index contributed by atoms with van der Waals surface area (Å²) in [5.74, 6) is 2.08. The number of anilines is 10. The Bertz CT molecular complexity index is 2230. The number of hydrogen-bond acceptors (Lipinski definition) is 13. The van der Waals surface area contributed by atoms with E-state index in [9.17, 15) is 5.26 Å². The number of nitriles is 1. The van der Waals surface area contributed by atoms with Gasteiger partial charge in [0.25, 0.3) is 0 Å². The predicted octanol–water partition coefficient (Wildman–Crippen LogP) is 9.16. The van der Waals surface area contributed by atoms with Crippen LogP contribution < -0.4 is 31.9 Å². The van der Waals surface area contributed by atoms with E-state index >= 15 is 0 Å². The zero-order chi connectivity index (χ0) is 38.5. The van der Waals surface area contributed by atoms with E-state index in [4.69, 9.17) is 15.0 Å². The molecule has 0 spiro atoms. The van der Waals surface area contributed by atoms with E-state index in [-0.39, 0.29) is 6.67 Å². The van der Waals surface area contributed by atoms with Gasteiger partial charge in [-0.1, -0.05) is 53.1 Å². The average molecular weight is 720 g/mol.